The molecule has 0 saturated carbocycles. The predicted molar refractivity (Wildman–Crippen MR) is 128 cm³/mol. The minimum Gasteiger partial charge on any atom is -0.261 e. The molecular weight excluding hydrogens is 350 g/mol. The minimum absolute atomic E-state index is 0.930. The summed E-state index contributed by atoms with van der Waals surface area (Å²) in [5.41, 5.74) is 7.40. The van der Waals surface area contributed by atoms with Gasteiger partial charge < -0.3 is 0 Å². The Bertz CT molecular complexity index is 1100. The first-order valence-electron chi connectivity index (χ1n) is 10.2. The highest BCUT2D eigenvalue weighted by Gasteiger charge is 2.04. The number of aromatic nitrogens is 1. The second-order valence-electron chi connectivity index (χ2n) is 7.26. The Labute approximate surface area is 174 Å². The Morgan fingerprint density at radius 2 is 1.83 bits per heavy atom. The minimum atomic E-state index is 0.930. The normalized spacial score (nSPS) is 12.3. The van der Waals surface area contributed by atoms with Gasteiger partial charge in [0.15, 0.2) is 0 Å². The van der Waals surface area contributed by atoms with Crippen LogP contribution in [0.4, 0.5) is 0 Å². The van der Waals surface area contributed by atoms with Crippen LogP contribution in [0.3, 0.4) is 0 Å². The third-order valence-electron chi connectivity index (χ3n) is 5.24. The fourth-order valence-corrected chi connectivity index (χ4v) is 3.47. The quantitative estimate of drug-likeness (QED) is 0.387. The maximum atomic E-state index is 4.68. The molecule has 0 aliphatic heterocycles. The van der Waals surface area contributed by atoms with Gasteiger partial charge in [-0.2, -0.15) is 0 Å². The second kappa shape index (κ2) is 9.84. The monoisotopic (exact) mass is 379 g/mol. The molecule has 0 unspecified atom stereocenters. The van der Waals surface area contributed by atoms with Crippen LogP contribution >= 0.6 is 0 Å². The molecule has 3 rings (SSSR count). The highest BCUT2D eigenvalue weighted by atomic mass is 14.7. The predicted octanol–water partition coefficient (Wildman–Crippen LogP) is 7.51. The van der Waals surface area contributed by atoms with Gasteiger partial charge in [0.05, 0.1) is 0 Å². The van der Waals surface area contributed by atoms with Crippen LogP contribution in [0.1, 0.15) is 41.8 Å². The summed E-state index contributed by atoms with van der Waals surface area (Å²) >= 11 is 0. The summed E-state index contributed by atoms with van der Waals surface area (Å²) in [5.74, 6) is 0. The van der Waals surface area contributed by atoms with Crippen molar-refractivity contribution in [2.75, 3.05) is 0 Å². The number of benzene rings is 2. The van der Waals surface area contributed by atoms with Crippen LogP contribution in [0.2, 0.25) is 0 Å². The summed E-state index contributed by atoms with van der Waals surface area (Å²) in [6, 6.07) is 15.4. The molecule has 0 atom stereocenters. The van der Waals surface area contributed by atoms with Crippen LogP contribution in [0, 0.1) is 6.92 Å². The fraction of sp³-hybridized carbons (Fsp3) is 0.179. The van der Waals surface area contributed by atoms with Gasteiger partial charge in [0.25, 0.3) is 0 Å². The van der Waals surface area contributed by atoms with Crippen LogP contribution in [0.15, 0.2) is 85.6 Å². The van der Waals surface area contributed by atoms with Crippen molar-refractivity contribution < 1.29 is 0 Å². The largest absolute Gasteiger partial charge is 0.261 e. The van der Waals surface area contributed by atoms with Crippen molar-refractivity contribution in [3.05, 3.63) is 114 Å². The number of hydrogen-bond acceptors (Lipinski definition) is 1. The van der Waals surface area contributed by atoms with E-state index in [4.69, 9.17) is 0 Å². The van der Waals surface area contributed by atoms with Crippen molar-refractivity contribution in [3.8, 4) is 0 Å². The van der Waals surface area contributed by atoms with E-state index < -0.39 is 0 Å². The third-order valence-corrected chi connectivity index (χ3v) is 5.24. The van der Waals surface area contributed by atoms with E-state index in [2.05, 4.69) is 85.3 Å². The van der Waals surface area contributed by atoms with Crippen molar-refractivity contribution in [1.29, 1.82) is 0 Å². The fourth-order valence-electron chi connectivity index (χ4n) is 3.47. The van der Waals surface area contributed by atoms with Crippen LogP contribution in [-0.2, 0) is 12.8 Å². The van der Waals surface area contributed by atoms with Crippen molar-refractivity contribution in [2.24, 2.45) is 0 Å². The second-order valence-corrected chi connectivity index (χ2v) is 7.26. The topological polar surface area (TPSA) is 12.9 Å². The average Bonchev–Trinajstić information content (AvgIpc) is 2.75. The third kappa shape index (κ3) is 5.20. The van der Waals surface area contributed by atoms with Crippen molar-refractivity contribution >= 4 is 22.4 Å². The highest BCUT2D eigenvalue weighted by molar-refractivity contribution is 5.87. The standard InChI is InChI=1S/C28H29N/c1-5-8-9-10-24-17-22(12-11-21(24)4)13-16-28-19-27-18-25(23(6-2)7-3)14-15-26(27)20-29-28/h5-12,14-15,17-20H,2,13,16H2,1,3-4H3/b8-5+,10-9-,23-7+. The van der Waals surface area contributed by atoms with E-state index in [0.717, 1.165) is 24.1 Å². The van der Waals surface area contributed by atoms with Crippen LogP contribution in [-0.4, -0.2) is 4.98 Å². The number of aryl methyl sites for hydroxylation is 3. The Hall–Kier alpha value is -3.19. The van der Waals surface area contributed by atoms with Gasteiger partial charge in [-0.25, -0.2) is 0 Å². The first kappa shape index (κ1) is 20.5. The van der Waals surface area contributed by atoms with Gasteiger partial charge in [0, 0.05) is 17.3 Å². The van der Waals surface area contributed by atoms with E-state index >= 15 is 0 Å². The van der Waals surface area contributed by atoms with E-state index in [-0.39, 0.29) is 0 Å². The van der Waals surface area contributed by atoms with Gasteiger partial charge in [-0.05, 0) is 79.0 Å². The molecule has 0 spiro atoms. The number of nitrogens with zero attached hydrogens (tertiary/aromatic N) is 1. The van der Waals surface area contributed by atoms with E-state index in [1.807, 2.05) is 32.2 Å². The highest BCUT2D eigenvalue weighted by Crippen LogP contribution is 2.23. The van der Waals surface area contributed by atoms with Gasteiger partial charge in [0.2, 0.25) is 0 Å². The lowest BCUT2D eigenvalue weighted by atomic mass is 9.99. The summed E-state index contributed by atoms with van der Waals surface area (Å²) < 4.78 is 0. The molecule has 0 bridgehead atoms. The van der Waals surface area contributed by atoms with Gasteiger partial charge in [0.1, 0.15) is 0 Å². The SMILES string of the molecule is C=C/C(=C\C)c1ccc2cnc(CCc3ccc(C)c(/C=C\C=C\C)c3)cc2c1. The summed E-state index contributed by atoms with van der Waals surface area (Å²) in [6.45, 7) is 10.1. The summed E-state index contributed by atoms with van der Waals surface area (Å²) in [5, 5.41) is 2.40. The molecule has 0 saturated heterocycles. The molecule has 0 amide bonds. The summed E-state index contributed by atoms with van der Waals surface area (Å²) in [6.07, 6.45) is 16.3. The van der Waals surface area contributed by atoms with Gasteiger partial charge >= 0.3 is 0 Å². The molecule has 1 aromatic heterocycles. The number of rotatable bonds is 7. The molecule has 29 heavy (non-hydrogen) atoms. The Balaban J connectivity index is 1.80. The molecule has 0 aliphatic carbocycles. The number of hydrogen-bond donors (Lipinski definition) is 0. The van der Waals surface area contributed by atoms with Gasteiger partial charge in [-0.1, -0.05) is 73.4 Å². The summed E-state index contributed by atoms with van der Waals surface area (Å²) in [7, 11) is 0. The van der Waals surface area contributed by atoms with Crippen molar-refractivity contribution in [2.45, 2.75) is 33.6 Å². The van der Waals surface area contributed by atoms with E-state index in [1.54, 1.807) is 0 Å². The number of fused-ring (bicyclic) bond motifs is 1. The molecular formula is C28H29N. The molecule has 2 aromatic carbocycles. The average molecular weight is 380 g/mol. The first-order chi connectivity index (χ1) is 14.1. The van der Waals surface area contributed by atoms with E-state index in [1.165, 1.54) is 33.0 Å². The lowest BCUT2D eigenvalue weighted by Crippen LogP contribution is -1.96. The molecule has 0 aliphatic rings. The number of pyridine rings is 1. The molecule has 146 valence electrons. The van der Waals surface area contributed by atoms with E-state index in [0.29, 0.717) is 0 Å². The Morgan fingerprint density at radius 3 is 2.59 bits per heavy atom. The molecule has 1 heteroatoms. The van der Waals surface area contributed by atoms with E-state index in [9.17, 15) is 0 Å². The van der Waals surface area contributed by atoms with Crippen molar-refractivity contribution in [3.63, 3.8) is 0 Å². The molecule has 1 heterocycles. The van der Waals surface area contributed by atoms with Crippen LogP contribution < -0.4 is 0 Å². The zero-order valence-electron chi connectivity index (χ0n) is 17.7. The zero-order valence-corrected chi connectivity index (χ0v) is 17.7. The molecule has 0 radical (unpaired) electrons. The smallest absolute Gasteiger partial charge is 0.0413 e. The molecule has 0 fully saturated rings. The molecule has 3 aromatic rings. The lowest BCUT2D eigenvalue weighted by molar-refractivity contribution is 0.917. The molecule has 0 N–H and O–H groups in total. The maximum absolute atomic E-state index is 4.68. The lowest BCUT2D eigenvalue weighted by Gasteiger charge is -2.08. The first-order valence-corrected chi connectivity index (χ1v) is 10.2. The van der Waals surface area contributed by atoms with Gasteiger partial charge in [-0.3, -0.25) is 4.98 Å². The summed E-state index contributed by atoms with van der Waals surface area (Å²) in [4.78, 5) is 4.68. The Morgan fingerprint density at radius 1 is 0.966 bits per heavy atom. The molecule has 1 nitrogen and oxygen atoms in total. The van der Waals surface area contributed by atoms with Crippen LogP contribution in [0.25, 0.3) is 22.4 Å². The van der Waals surface area contributed by atoms with Crippen LogP contribution in [0.5, 0.6) is 0 Å². The number of allylic oxidation sites excluding steroid dienone is 6. The van der Waals surface area contributed by atoms with Gasteiger partial charge in [-0.15, -0.1) is 0 Å². The Kier molecular flexibility index (Phi) is 6.97. The maximum Gasteiger partial charge on any atom is 0.0413 e. The van der Waals surface area contributed by atoms with Crippen molar-refractivity contribution in [1.82, 2.24) is 4.98 Å². The zero-order chi connectivity index (χ0) is 20.6.